The molecule has 0 spiro atoms. The molecule has 1 fully saturated rings. The molecule has 3 heteroatoms. The summed E-state index contributed by atoms with van der Waals surface area (Å²) in [7, 11) is 4.47. The van der Waals surface area contributed by atoms with Gasteiger partial charge in [-0.1, -0.05) is 37.3 Å². The van der Waals surface area contributed by atoms with Crippen LogP contribution in [0.4, 0.5) is 0 Å². The second-order valence-electron chi connectivity index (χ2n) is 6.58. The Balaban J connectivity index is 2.02. The summed E-state index contributed by atoms with van der Waals surface area (Å²) in [6.45, 7) is 6.42. The zero-order chi connectivity index (χ0) is 14.6. The fourth-order valence-electron chi connectivity index (χ4n) is 3.23. The van der Waals surface area contributed by atoms with Crippen molar-refractivity contribution in [1.29, 1.82) is 0 Å². The van der Waals surface area contributed by atoms with Crippen molar-refractivity contribution in [2.75, 3.05) is 40.3 Å². The zero-order valence-corrected chi connectivity index (χ0v) is 13.2. The number of hydrogen-bond acceptors (Lipinski definition) is 3. The summed E-state index contributed by atoms with van der Waals surface area (Å²) in [5, 5.41) is 0. The maximum absolute atomic E-state index is 6.10. The van der Waals surface area contributed by atoms with Gasteiger partial charge >= 0.3 is 0 Å². The molecule has 1 heterocycles. The fraction of sp³-hybridized carbons (Fsp3) is 0.647. The highest BCUT2D eigenvalue weighted by Gasteiger charge is 2.30. The maximum atomic E-state index is 6.10. The Labute approximate surface area is 123 Å². The molecule has 20 heavy (non-hydrogen) atoms. The summed E-state index contributed by atoms with van der Waals surface area (Å²) < 4.78 is 0. The zero-order valence-electron chi connectivity index (χ0n) is 13.2. The standard InChI is InChI=1S/C17H29N3/c1-17(13-18,15-7-5-4-6-8-15)14-20(3)16-9-11-19(2)12-10-16/h4-8,16H,9-14,18H2,1-3H3. The molecule has 0 radical (unpaired) electrons. The third-order valence-electron chi connectivity index (χ3n) is 4.83. The number of nitrogens with two attached hydrogens (primary N) is 1. The first-order valence-electron chi connectivity index (χ1n) is 7.69. The molecule has 2 N–H and O–H groups in total. The van der Waals surface area contributed by atoms with Gasteiger partial charge in [0, 0.05) is 24.5 Å². The van der Waals surface area contributed by atoms with Gasteiger partial charge in [-0.2, -0.15) is 0 Å². The Morgan fingerprint density at radius 3 is 2.40 bits per heavy atom. The minimum atomic E-state index is 0.0410. The van der Waals surface area contributed by atoms with E-state index in [1.54, 1.807) is 0 Å². The van der Waals surface area contributed by atoms with E-state index in [0.29, 0.717) is 12.6 Å². The number of benzene rings is 1. The molecule has 0 bridgehead atoms. The van der Waals surface area contributed by atoms with Crippen LogP contribution in [0.2, 0.25) is 0 Å². The quantitative estimate of drug-likeness (QED) is 0.891. The highest BCUT2D eigenvalue weighted by molar-refractivity contribution is 5.25. The van der Waals surface area contributed by atoms with Gasteiger partial charge in [0.05, 0.1) is 0 Å². The summed E-state index contributed by atoms with van der Waals surface area (Å²) >= 11 is 0. The van der Waals surface area contributed by atoms with Gasteiger partial charge in [-0.05, 0) is 45.6 Å². The maximum Gasteiger partial charge on any atom is 0.0174 e. The SMILES string of the molecule is CN1CCC(N(C)CC(C)(CN)c2ccccc2)CC1. The Morgan fingerprint density at radius 2 is 1.85 bits per heavy atom. The highest BCUT2D eigenvalue weighted by atomic mass is 15.2. The smallest absolute Gasteiger partial charge is 0.0174 e. The molecule has 3 nitrogen and oxygen atoms in total. The van der Waals surface area contributed by atoms with Crippen molar-refractivity contribution in [2.24, 2.45) is 5.73 Å². The topological polar surface area (TPSA) is 32.5 Å². The molecule has 0 amide bonds. The molecule has 0 aromatic heterocycles. The van der Waals surface area contributed by atoms with Crippen LogP contribution in [0.3, 0.4) is 0 Å². The van der Waals surface area contributed by atoms with E-state index in [2.05, 4.69) is 61.2 Å². The molecule has 1 aromatic rings. The van der Waals surface area contributed by atoms with Crippen LogP contribution in [0.5, 0.6) is 0 Å². The highest BCUT2D eigenvalue weighted by Crippen LogP contribution is 2.25. The van der Waals surface area contributed by atoms with Gasteiger partial charge in [0.2, 0.25) is 0 Å². The van der Waals surface area contributed by atoms with E-state index in [1.807, 2.05) is 0 Å². The summed E-state index contributed by atoms with van der Waals surface area (Å²) in [4.78, 5) is 4.94. The number of nitrogens with zero attached hydrogens (tertiary/aromatic N) is 2. The van der Waals surface area contributed by atoms with Crippen molar-refractivity contribution in [3.8, 4) is 0 Å². The first kappa shape index (κ1) is 15.5. The molecule has 1 atom stereocenters. The van der Waals surface area contributed by atoms with Gasteiger partial charge in [-0.25, -0.2) is 0 Å². The number of piperidine rings is 1. The Kier molecular flexibility index (Phi) is 5.19. The third kappa shape index (κ3) is 3.60. The van der Waals surface area contributed by atoms with Crippen molar-refractivity contribution in [2.45, 2.75) is 31.2 Å². The van der Waals surface area contributed by atoms with E-state index in [1.165, 1.54) is 31.5 Å². The van der Waals surface area contributed by atoms with Crippen LogP contribution in [0, 0.1) is 0 Å². The predicted octanol–water partition coefficient (Wildman–Crippen LogP) is 1.93. The lowest BCUT2D eigenvalue weighted by Crippen LogP contribution is -2.49. The predicted molar refractivity (Wildman–Crippen MR) is 86.0 cm³/mol. The molecule has 1 aliphatic heterocycles. The van der Waals surface area contributed by atoms with Gasteiger partial charge < -0.3 is 15.5 Å². The van der Waals surface area contributed by atoms with Crippen molar-refractivity contribution in [3.63, 3.8) is 0 Å². The first-order chi connectivity index (χ1) is 9.55. The van der Waals surface area contributed by atoms with Crippen molar-refractivity contribution in [3.05, 3.63) is 35.9 Å². The van der Waals surface area contributed by atoms with Crippen molar-refractivity contribution in [1.82, 2.24) is 9.80 Å². The second-order valence-corrected chi connectivity index (χ2v) is 6.58. The lowest BCUT2D eigenvalue weighted by Gasteiger charge is -2.40. The van der Waals surface area contributed by atoms with Crippen LogP contribution < -0.4 is 5.73 Å². The van der Waals surface area contributed by atoms with Gasteiger partial charge in [-0.15, -0.1) is 0 Å². The van der Waals surface area contributed by atoms with Crippen molar-refractivity contribution < 1.29 is 0 Å². The van der Waals surface area contributed by atoms with E-state index in [0.717, 1.165) is 6.54 Å². The molecular formula is C17H29N3. The Hall–Kier alpha value is -0.900. The average Bonchev–Trinajstić information content (AvgIpc) is 2.48. The van der Waals surface area contributed by atoms with Crippen LogP contribution in [0.1, 0.15) is 25.3 Å². The normalized spacial score (nSPS) is 21.1. The third-order valence-corrected chi connectivity index (χ3v) is 4.83. The molecule has 1 aromatic carbocycles. The van der Waals surface area contributed by atoms with Gasteiger partial charge in [0.15, 0.2) is 0 Å². The second kappa shape index (κ2) is 6.70. The summed E-state index contributed by atoms with van der Waals surface area (Å²) in [5.41, 5.74) is 7.49. The van der Waals surface area contributed by atoms with E-state index in [-0.39, 0.29) is 5.41 Å². The molecule has 0 aliphatic carbocycles. The van der Waals surface area contributed by atoms with Crippen LogP contribution in [-0.4, -0.2) is 56.1 Å². The van der Waals surface area contributed by atoms with Gasteiger partial charge in [0.25, 0.3) is 0 Å². The van der Waals surface area contributed by atoms with E-state index < -0.39 is 0 Å². The van der Waals surface area contributed by atoms with E-state index in [9.17, 15) is 0 Å². The van der Waals surface area contributed by atoms with Crippen LogP contribution >= 0.6 is 0 Å². The largest absolute Gasteiger partial charge is 0.330 e. The summed E-state index contributed by atoms with van der Waals surface area (Å²) in [6, 6.07) is 11.4. The minimum Gasteiger partial charge on any atom is -0.330 e. The summed E-state index contributed by atoms with van der Waals surface area (Å²) in [5.74, 6) is 0. The molecule has 112 valence electrons. The van der Waals surface area contributed by atoms with Gasteiger partial charge in [0.1, 0.15) is 0 Å². The Bertz CT molecular complexity index is 398. The number of rotatable bonds is 5. The van der Waals surface area contributed by atoms with E-state index >= 15 is 0 Å². The molecule has 0 saturated carbocycles. The average molecular weight is 275 g/mol. The lowest BCUT2D eigenvalue weighted by atomic mass is 9.81. The monoisotopic (exact) mass is 275 g/mol. The number of hydrogen-bond donors (Lipinski definition) is 1. The molecule has 1 unspecified atom stereocenters. The molecule has 1 saturated heterocycles. The first-order valence-corrected chi connectivity index (χ1v) is 7.69. The van der Waals surface area contributed by atoms with Gasteiger partial charge in [-0.3, -0.25) is 0 Å². The van der Waals surface area contributed by atoms with Crippen LogP contribution in [-0.2, 0) is 5.41 Å². The molecule has 2 rings (SSSR count). The Morgan fingerprint density at radius 1 is 1.25 bits per heavy atom. The fourth-order valence-corrected chi connectivity index (χ4v) is 3.23. The van der Waals surface area contributed by atoms with Crippen LogP contribution in [0.15, 0.2) is 30.3 Å². The summed E-state index contributed by atoms with van der Waals surface area (Å²) in [6.07, 6.45) is 2.53. The number of likely N-dealkylation sites (N-methyl/N-ethyl adjacent to an activating group) is 1. The lowest BCUT2D eigenvalue weighted by molar-refractivity contribution is 0.124. The molecule has 1 aliphatic rings. The minimum absolute atomic E-state index is 0.0410. The van der Waals surface area contributed by atoms with Crippen molar-refractivity contribution >= 4 is 0 Å². The van der Waals surface area contributed by atoms with Crippen LogP contribution in [0.25, 0.3) is 0 Å². The van der Waals surface area contributed by atoms with E-state index in [4.69, 9.17) is 5.73 Å². The molecular weight excluding hydrogens is 246 g/mol. The number of likely N-dealkylation sites (tertiary alicyclic amines) is 1.